The average molecular weight is 366 g/mol. The fourth-order valence-corrected chi connectivity index (χ4v) is 2.01. The minimum atomic E-state index is -1.71. The van der Waals surface area contributed by atoms with Crippen molar-refractivity contribution in [2.45, 2.75) is 6.92 Å². The van der Waals surface area contributed by atoms with Crippen molar-refractivity contribution in [2.24, 2.45) is 0 Å². The van der Waals surface area contributed by atoms with Gasteiger partial charge in [-0.2, -0.15) is 0 Å². The Kier molecular flexibility index (Phi) is 6.60. The number of benzene rings is 2. The van der Waals surface area contributed by atoms with Crippen LogP contribution in [0.2, 0.25) is 0 Å². The minimum Gasteiger partial charge on any atom is -0.484 e. The van der Waals surface area contributed by atoms with E-state index in [0.29, 0.717) is 11.8 Å². The first kappa shape index (κ1) is 19.3. The Morgan fingerprint density at radius 2 is 1.58 bits per heavy atom. The first-order valence-corrected chi connectivity index (χ1v) is 7.76. The number of amides is 2. The third kappa shape index (κ3) is 5.23. The zero-order chi connectivity index (χ0) is 19.1. The number of aryl methyl sites for hydroxylation is 1. The van der Waals surface area contributed by atoms with Gasteiger partial charge in [-0.1, -0.05) is 17.7 Å². The van der Waals surface area contributed by atoms with Crippen molar-refractivity contribution in [3.63, 3.8) is 0 Å². The van der Waals surface area contributed by atoms with Gasteiger partial charge < -0.3 is 15.4 Å². The monoisotopic (exact) mass is 366 g/mol. The van der Waals surface area contributed by atoms with Crippen LogP contribution in [0.4, 0.5) is 13.2 Å². The van der Waals surface area contributed by atoms with E-state index in [-0.39, 0.29) is 19.7 Å². The molecule has 0 heterocycles. The molecule has 0 radical (unpaired) electrons. The van der Waals surface area contributed by atoms with E-state index >= 15 is 0 Å². The third-order valence-electron chi connectivity index (χ3n) is 3.40. The molecule has 0 fully saturated rings. The van der Waals surface area contributed by atoms with Gasteiger partial charge in [0, 0.05) is 13.1 Å². The number of hydrogen-bond acceptors (Lipinski definition) is 3. The highest BCUT2D eigenvalue weighted by Gasteiger charge is 2.18. The minimum absolute atomic E-state index is 0.0203. The van der Waals surface area contributed by atoms with Crippen LogP contribution in [0, 0.1) is 24.4 Å². The average Bonchev–Trinajstić information content (AvgIpc) is 2.62. The molecule has 2 amide bonds. The summed E-state index contributed by atoms with van der Waals surface area (Å²) in [6.07, 6.45) is 0. The molecule has 2 aromatic rings. The summed E-state index contributed by atoms with van der Waals surface area (Å²) < 4.78 is 44.7. The fourth-order valence-electron chi connectivity index (χ4n) is 2.01. The molecule has 0 saturated carbocycles. The summed E-state index contributed by atoms with van der Waals surface area (Å²) in [4.78, 5) is 23.4. The van der Waals surface area contributed by atoms with Crippen LogP contribution in [0.15, 0.2) is 36.4 Å². The summed E-state index contributed by atoms with van der Waals surface area (Å²) in [5.41, 5.74) is 0.452. The largest absolute Gasteiger partial charge is 0.484 e. The number of rotatable bonds is 7. The zero-order valence-electron chi connectivity index (χ0n) is 13.9. The Bertz CT molecular complexity index is 795. The van der Waals surface area contributed by atoms with Crippen LogP contribution in [0.25, 0.3) is 0 Å². The van der Waals surface area contributed by atoms with Crippen LogP contribution in [-0.4, -0.2) is 31.5 Å². The van der Waals surface area contributed by atoms with Crippen LogP contribution in [0.1, 0.15) is 15.9 Å². The maximum absolute atomic E-state index is 13.5. The molecule has 138 valence electrons. The first-order valence-electron chi connectivity index (χ1n) is 7.76. The van der Waals surface area contributed by atoms with E-state index in [9.17, 15) is 22.8 Å². The lowest BCUT2D eigenvalue weighted by Crippen LogP contribution is -2.37. The Morgan fingerprint density at radius 3 is 2.27 bits per heavy atom. The van der Waals surface area contributed by atoms with E-state index in [1.807, 2.05) is 19.1 Å². The van der Waals surface area contributed by atoms with Crippen molar-refractivity contribution in [1.29, 1.82) is 0 Å². The van der Waals surface area contributed by atoms with Crippen LogP contribution < -0.4 is 15.4 Å². The molecule has 0 unspecified atom stereocenters. The number of nitrogens with one attached hydrogen (secondary N) is 2. The Hall–Kier alpha value is -3.03. The van der Waals surface area contributed by atoms with Gasteiger partial charge in [0.15, 0.2) is 24.1 Å². The lowest BCUT2D eigenvalue weighted by molar-refractivity contribution is -0.123. The number of ether oxygens (including phenoxy) is 1. The molecule has 5 nitrogen and oxygen atoms in total. The normalized spacial score (nSPS) is 10.3. The standard InChI is InChI=1S/C18H17F3N2O3/c1-11-2-4-12(5-3-11)26-10-15(24)22-8-9-23-18(25)13-6-7-14(19)17(21)16(13)20/h2-7H,8-10H2,1H3,(H,22,24)(H,23,25). The van der Waals surface area contributed by atoms with E-state index in [0.717, 1.165) is 11.6 Å². The maximum atomic E-state index is 13.5. The zero-order valence-corrected chi connectivity index (χ0v) is 13.9. The van der Waals surface area contributed by atoms with Gasteiger partial charge in [-0.25, -0.2) is 13.2 Å². The summed E-state index contributed by atoms with van der Waals surface area (Å²) in [6, 6.07) is 8.67. The molecule has 26 heavy (non-hydrogen) atoms. The predicted molar refractivity (Wildman–Crippen MR) is 88.3 cm³/mol. The second kappa shape index (κ2) is 8.89. The van der Waals surface area contributed by atoms with Crippen molar-refractivity contribution >= 4 is 11.8 Å². The molecule has 0 spiro atoms. The van der Waals surface area contributed by atoms with Crippen molar-refractivity contribution in [3.8, 4) is 5.75 Å². The van der Waals surface area contributed by atoms with E-state index in [1.165, 1.54) is 0 Å². The molecular formula is C18H17F3N2O3. The van der Waals surface area contributed by atoms with Crippen molar-refractivity contribution in [2.75, 3.05) is 19.7 Å². The molecule has 0 aliphatic heterocycles. The van der Waals surface area contributed by atoms with Gasteiger partial charge in [0.25, 0.3) is 11.8 Å². The smallest absolute Gasteiger partial charge is 0.258 e. The number of carbonyl (C=O) groups excluding carboxylic acids is 2. The van der Waals surface area contributed by atoms with Gasteiger partial charge in [0.2, 0.25) is 0 Å². The van der Waals surface area contributed by atoms with Crippen LogP contribution in [-0.2, 0) is 4.79 Å². The van der Waals surface area contributed by atoms with Crippen molar-refractivity contribution in [3.05, 3.63) is 65.0 Å². The van der Waals surface area contributed by atoms with E-state index in [4.69, 9.17) is 4.74 Å². The van der Waals surface area contributed by atoms with E-state index < -0.39 is 34.8 Å². The maximum Gasteiger partial charge on any atom is 0.258 e. The summed E-state index contributed by atoms with van der Waals surface area (Å²) in [7, 11) is 0. The lowest BCUT2D eigenvalue weighted by Gasteiger charge is -2.09. The highest BCUT2D eigenvalue weighted by Crippen LogP contribution is 2.15. The molecule has 0 aliphatic carbocycles. The van der Waals surface area contributed by atoms with Crippen LogP contribution in [0.3, 0.4) is 0 Å². The molecule has 0 bridgehead atoms. The van der Waals surface area contributed by atoms with Gasteiger partial charge in [-0.05, 0) is 31.2 Å². The lowest BCUT2D eigenvalue weighted by atomic mass is 10.2. The SMILES string of the molecule is Cc1ccc(OCC(=O)NCCNC(=O)c2ccc(F)c(F)c2F)cc1. The predicted octanol–water partition coefficient (Wildman–Crippen LogP) is 2.34. The molecule has 0 aliphatic rings. The Morgan fingerprint density at radius 1 is 0.923 bits per heavy atom. The second-order valence-electron chi connectivity index (χ2n) is 5.43. The third-order valence-corrected chi connectivity index (χ3v) is 3.40. The van der Waals surface area contributed by atoms with Crippen LogP contribution >= 0.6 is 0 Å². The molecule has 0 atom stereocenters. The molecule has 2 N–H and O–H groups in total. The van der Waals surface area contributed by atoms with Gasteiger partial charge >= 0.3 is 0 Å². The molecule has 0 aromatic heterocycles. The van der Waals surface area contributed by atoms with Gasteiger partial charge in [0.1, 0.15) is 5.75 Å². The Labute approximate surface area is 148 Å². The molecular weight excluding hydrogens is 349 g/mol. The fraction of sp³-hybridized carbons (Fsp3) is 0.222. The summed E-state index contributed by atoms with van der Waals surface area (Å²) in [6.45, 7) is 1.77. The Balaban J connectivity index is 1.71. The van der Waals surface area contributed by atoms with Gasteiger partial charge in [0.05, 0.1) is 5.56 Å². The first-order chi connectivity index (χ1) is 12.4. The highest BCUT2D eigenvalue weighted by molar-refractivity contribution is 5.94. The van der Waals surface area contributed by atoms with Crippen LogP contribution in [0.5, 0.6) is 5.75 Å². The molecule has 8 heteroatoms. The highest BCUT2D eigenvalue weighted by atomic mass is 19.2. The van der Waals surface area contributed by atoms with Crippen molar-refractivity contribution < 1.29 is 27.5 Å². The summed E-state index contributed by atoms with van der Waals surface area (Å²) in [5.74, 6) is -5.41. The van der Waals surface area contributed by atoms with Gasteiger partial charge in [-0.15, -0.1) is 0 Å². The van der Waals surface area contributed by atoms with Gasteiger partial charge in [-0.3, -0.25) is 9.59 Å². The second-order valence-corrected chi connectivity index (χ2v) is 5.43. The summed E-state index contributed by atoms with van der Waals surface area (Å²) >= 11 is 0. The topological polar surface area (TPSA) is 67.4 Å². The molecule has 2 rings (SSSR count). The molecule has 0 saturated heterocycles. The summed E-state index contributed by atoms with van der Waals surface area (Å²) in [5, 5.41) is 4.80. The number of halogens is 3. The quantitative estimate of drug-likeness (QED) is 0.584. The number of carbonyl (C=O) groups is 2. The van der Waals surface area contributed by atoms with E-state index in [1.54, 1.807) is 12.1 Å². The number of hydrogen-bond donors (Lipinski definition) is 2. The van der Waals surface area contributed by atoms with Crippen molar-refractivity contribution in [1.82, 2.24) is 10.6 Å². The van der Waals surface area contributed by atoms with E-state index in [2.05, 4.69) is 10.6 Å². The molecule has 2 aromatic carbocycles.